The van der Waals surface area contributed by atoms with E-state index in [-0.39, 0.29) is 30.9 Å². The van der Waals surface area contributed by atoms with Crippen molar-refractivity contribution in [2.75, 3.05) is 18.1 Å². The summed E-state index contributed by atoms with van der Waals surface area (Å²) >= 11 is 2.74. The molecule has 1 unspecified atom stereocenters. The van der Waals surface area contributed by atoms with E-state index in [1.54, 1.807) is 17.9 Å². The van der Waals surface area contributed by atoms with Crippen molar-refractivity contribution in [3.63, 3.8) is 0 Å². The van der Waals surface area contributed by atoms with Gasteiger partial charge in [0.1, 0.15) is 11.3 Å². The molecule has 0 fully saturated rings. The van der Waals surface area contributed by atoms with Crippen molar-refractivity contribution in [2.45, 2.75) is 25.8 Å². The maximum Gasteiger partial charge on any atom is 0.270 e. The van der Waals surface area contributed by atoms with Crippen LogP contribution in [0.4, 0.5) is 5.13 Å². The third kappa shape index (κ3) is 5.07. The molecule has 1 atom stereocenters. The first-order valence-electron chi connectivity index (χ1n) is 10.2. The van der Waals surface area contributed by atoms with E-state index in [1.807, 2.05) is 47.2 Å². The van der Waals surface area contributed by atoms with E-state index in [0.29, 0.717) is 34.4 Å². The van der Waals surface area contributed by atoms with Crippen LogP contribution in [0.3, 0.4) is 0 Å². The molecule has 166 valence electrons. The zero-order valence-corrected chi connectivity index (χ0v) is 19.1. The average Bonchev–Trinajstić information content (AvgIpc) is 3.55. The zero-order chi connectivity index (χ0) is 22.5. The molecule has 2 N–H and O–H groups in total. The molecule has 2 amide bonds. The van der Waals surface area contributed by atoms with E-state index in [1.165, 1.54) is 22.7 Å². The SMILES string of the molecule is CC(CO)NC(=O)CCCN(C(=O)c1cccs1)c1nc(-c2cc3ccccc3o2)cs1. The molecule has 3 aromatic heterocycles. The van der Waals surface area contributed by atoms with E-state index < -0.39 is 0 Å². The number of thiophene rings is 1. The predicted molar refractivity (Wildman–Crippen MR) is 127 cm³/mol. The maximum atomic E-state index is 13.1. The van der Waals surface area contributed by atoms with Gasteiger partial charge in [0.05, 0.1) is 11.5 Å². The first-order chi connectivity index (χ1) is 15.5. The quantitative estimate of drug-likeness (QED) is 0.375. The Bertz CT molecular complexity index is 1170. The molecule has 0 spiro atoms. The van der Waals surface area contributed by atoms with Gasteiger partial charge in [-0.05, 0) is 36.9 Å². The summed E-state index contributed by atoms with van der Waals surface area (Å²) in [6.45, 7) is 1.98. The second-order valence-electron chi connectivity index (χ2n) is 7.35. The fourth-order valence-corrected chi connectivity index (χ4v) is 4.73. The van der Waals surface area contributed by atoms with Crippen molar-refractivity contribution in [3.8, 4) is 11.5 Å². The second kappa shape index (κ2) is 10.1. The van der Waals surface area contributed by atoms with Gasteiger partial charge in [-0.15, -0.1) is 22.7 Å². The fraction of sp³-hybridized carbons (Fsp3) is 0.261. The van der Waals surface area contributed by atoms with Gasteiger partial charge in [0.25, 0.3) is 5.91 Å². The molecule has 3 heterocycles. The molecule has 4 rings (SSSR count). The Kier molecular flexibility index (Phi) is 6.99. The molecule has 4 aromatic rings. The summed E-state index contributed by atoms with van der Waals surface area (Å²) in [6, 6.07) is 13.0. The summed E-state index contributed by atoms with van der Waals surface area (Å²) in [7, 11) is 0. The molecular formula is C23H23N3O4S2. The van der Waals surface area contributed by atoms with Gasteiger partial charge in [0.15, 0.2) is 10.9 Å². The smallest absolute Gasteiger partial charge is 0.270 e. The number of hydrogen-bond donors (Lipinski definition) is 2. The summed E-state index contributed by atoms with van der Waals surface area (Å²) < 4.78 is 5.91. The van der Waals surface area contributed by atoms with E-state index in [2.05, 4.69) is 10.3 Å². The summed E-state index contributed by atoms with van der Waals surface area (Å²) in [6.07, 6.45) is 0.723. The lowest BCUT2D eigenvalue weighted by Gasteiger charge is -2.19. The Labute approximate surface area is 193 Å². The number of amides is 2. The monoisotopic (exact) mass is 469 g/mol. The molecule has 1 aromatic carbocycles. The third-order valence-corrected chi connectivity index (χ3v) is 6.57. The Morgan fingerprint density at radius 1 is 1.22 bits per heavy atom. The van der Waals surface area contributed by atoms with Crippen LogP contribution in [0.5, 0.6) is 0 Å². The van der Waals surface area contributed by atoms with Crippen molar-refractivity contribution in [2.24, 2.45) is 0 Å². The van der Waals surface area contributed by atoms with Gasteiger partial charge in [-0.25, -0.2) is 4.98 Å². The zero-order valence-electron chi connectivity index (χ0n) is 17.5. The largest absolute Gasteiger partial charge is 0.454 e. The van der Waals surface area contributed by atoms with Gasteiger partial charge in [-0.3, -0.25) is 14.5 Å². The van der Waals surface area contributed by atoms with Gasteiger partial charge < -0.3 is 14.8 Å². The first-order valence-corrected chi connectivity index (χ1v) is 12.0. The van der Waals surface area contributed by atoms with Crippen molar-refractivity contribution in [3.05, 3.63) is 58.1 Å². The van der Waals surface area contributed by atoms with Crippen LogP contribution in [0.15, 0.2) is 57.6 Å². The summed E-state index contributed by atoms with van der Waals surface area (Å²) in [5.41, 5.74) is 1.45. The number of thiazole rings is 1. The number of anilines is 1. The molecule has 0 bridgehead atoms. The molecule has 0 aliphatic heterocycles. The van der Waals surface area contributed by atoms with Crippen LogP contribution in [-0.4, -0.2) is 41.1 Å². The lowest BCUT2D eigenvalue weighted by molar-refractivity contribution is -0.122. The number of carbonyl (C=O) groups excluding carboxylic acids is 2. The van der Waals surface area contributed by atoms with E-state index in [9.17, 15) is 9.59 Å². The van der Waals surface area contributed by atoms with Crippen LogP contribution in [-0.2, 0) is 4.79 Å². The van der Waals surface area contributed by atoms with Gasteiger partial charge >= 0.3 is 0 Å². The van der Waals surface area contributed by atoms with Crippen molar-refractivity contribution < 1.29 is 19.1 Å². The number of carbonyl (C=O) groups is 2. The maximum absolute atomic E-state index is 13.1. The number of hydrogen-bond acceptors (Lipinski definition) is 7. The van der Waals surface area contributed by atoms with Crippen LogP contribution < -0.4 is 10.2 Å². The van der Waals surface area contributed by atoms with Crippen LogP contribution in [0.2, 0.25) is 0 Å². The van der Waals surface area contributed by atoms with Gasteiger partial charge in [0, 0.05) is 29.8 Å². The number of rotatable bonds is 9. The topological polar surface area (TPSA) is 95.7 Å². The van der Waals surface area contributed by atoms with Crippen LogP contribution in [0.25, 0.3) is 22.4 Å². The van der Waals surface area contributed by atoms with Crippen molar-refractivity contribution >= 4 is 50.6 Å². The molecular weight excluding hydrogens is 446 g/mol. The minimum atomic E-state index is -0.295. The number of aliphatic hydroxyl groups excluding tert-OH is 1. The lowest BCUT2D eigenvalue weighted by atomic mass is 10.2. The van der Waals surface area contributed by atoms with E-state index >= 15 is 0 Å². The molecule has 0 radical (unpaired) electrons. The minimum Gasteiger partial charge on any atom is -0.454 e. The summed E-state index contributed by atoms with van der Waals surface area (Å²) in [5, 5.41) is 17.1. The number of fused-ring (bicyclic) bond motifs is 1. The summed E-state index contributed by atoms with van der Waals surface area (Å²) in [5.74, 6) is 0.349. The van der Waals surface area contributed by atoms with Gasteiger partial charge in [-0.2, -0.15) is 0 Å². The van der Waals surface area contributed by atoms with Crippen molar-refractivity contribution in [1.82, 2.24) is 10.3 Å². The van der Waals surface area contributed by atoms with Crippen molar-refractivity contribution in [1.29, 1.82) is 0 Å². The Morgan fingerprint density at radius 2 is 2.06 bits per heavy atom. The number of nitrogens with one attached hydrogen (secondary N) is 1. The Hall–Kier alpha value is -3.01. The van der Waals surface area contributed by atoms with Crippen LogP contribution >= 0.6 is 22.7 Å². The number of benzene rings is 1. The molecule has 7 nitrogen and oxygen atoms in total. The number of nitrogens with zero attached hydrogens (tertiary/aromatic N) is 2. The normalized spacial score (nSPS) is 12.1. The molecule has 0 saturated heterocycles. The first kappa shape index (κ1) is 22.2. The molecule has 0 aliphatic carbocycles. The van der Waals surface area contributed by atoms with Gasteiger partial charge in [0.2, 0.25) is 5.91 Å². The number of aromatic nitrogens is 1. The third-order valence-electron chi connectivity index (χ3n) is 4.84. The van der Waals surface area contributed by atoms with Crippen LogP contribution in [0.1, 0.15) is 29.4 Å². The highest BCUT2D eigenvalue weighted by Crippen LogP contribution is 2.32. The molecule has 0 aliphatic rings. The Balaban J connectivity index is 1.52. The van der Waals surface area contributed by atoms with Gasteiger partial charge in [-0.1, -0.05) is 24.3 Å². The number of aliphatic hydroxyl groups is 1. The highest BCUT2D eigenvalue weighted by atomic mass is 32.1. The van der Waals surface area contributed by atoms with Crippen LogP contribution in [0, 0.1) is 0 Å². The second-order valence-corrected chi connectivity index (χ2v) is 9.14. The lowest BCUT2D eigenvalue weighted by Crippen LogP contribution is -2.36. The summed E-state index contributed by atoms with van der Waals surface area (Å²) in [4.78, 5) is 32.1. The molecule has 0 saturated carbocycles. The standard InChI is InChI=1S/C23H23N3O4S2/c1-15(13-27)24-21(28)9-4-10-26(22(29)20-8-5-11-31-20)23-25-17(14-32-23)19-12-16-6-2-3-7-18(16)30-19/h2-3,5-8,11-12,14-15,27H,4,9-10,13H2,1H3,(H,24,28). The highest BCUT2D eigenvalue weighted by molar-refractivity contribution is 7.14. The molecule has 32 heavy (non-hydrogen) atoms. The highest BCUT2D eigenvalue weighted by Gasteiger charge is 2.23. The van der Waals surface area contributed by atoms with E-state index in [0.717, 1.165) is 11.0 Å². The van der Waals surface area contributed by atoms with E-state index in [4.69, 9.17) is 9.52 Å². The Morgan fingerprint density at radius 3 is 2.81 bits per heavy atom. The number of furan rings is 1. The number of para-hydroxylation sites is 1. The fourth-order valence-electron chi connectivity index (χ4n) is 3.22. The predicted octanol–water partition coefficient (Wildman–Crippen LogP) is 4.54. The molecule has 9 heteroatoms. The minimum absolute atomic E-state index is 0.113. The average molecular weight is 470 g/mol.